The first-order valence-corrected chi connectivity index (χ1v) is 7.07. The van der Waals surface area contributed by atoms with E-state index >= 15 is 0 Å². The van der Waals surface area contributed by atoms with Gasteiger partial charge in [0.05, 0.1) is 0 Å². The molecule has 0 aliphatic carbocycles. The molecule has 0 fully saturated rings. The number of ketones is 1. The van der Waals surface area contributed by atoms with Gasteiger partial charge < -0.3 is 0 Å². The second kappa shape index (κ2) is 6.99. The molecule has 0 aromatic heterocycles. The minimum absolute atomic E-state index is 0.0738. The molecule has 1 unspecified atom stereocenters. The minimum Gasteiger partial charge on any atom is -0.293 e. The van der Waals surface area contributed by atoms with E-state index in [0.29, 0.717) is 5.56 Å². The van der Waals surface area contributed by atoms with Crippen LogP contribution in [0.4, 0.5) is 4.39 Å². The SMILES string of the molecule is CCCCC(C(=O)c1ccc(F)cc1)c1ccccc1. The molecule has 0 amide bonds. The number of hydrogen-bond donors (Lipinski definition) is 0. The Hall–Kier alpha value is -1.96. The predicted octanol–water partition coefficient (Wildman–Crippen LogP) is 4.98. The summed E-state index contributed by atoms with van der Waals surface area (Å²) in [6.45, 7) is 2.12. The minimum atomic E-state index is -0.314. The number of hydrogen-bond acceptors (Lipinski definition) is 1. The summed E-state index contributed by atoms with van der Waals surface area (Å²) in [5.41, 5.74) is 1.62. The average molecular weight is 270 g/mol. The van der Waals surface area contributed by atoms with Gasteiger partial charge in [0.15, 0.2) is 5.78 Å². The summed E-state index contributed by atoms with van der Waals surface area (Å²) in [5.74, 6) is -0.377. The third-order valence-corrected chi connectivity index (χ3v) is 3.49. The van der Waals surface area contributed by atoms with Gasteiger partial charge in [0.1, 0.15) is 5.82 Å². The Morgan fingerprint density at radius 2 is 1.70 bits per heavy atom. The van der Waals surface area contributed by atoms with E-state index in [1.165, 1.54) is 12.1 Å². The van der Waals surface area contributed by atoms with E-state index in [1.54, 1.807) is 12.1 Å². The maximum absolute atomic E-state index is 13.0. The first-order valence-electron chi connectivity index (χ1n) is 7.07. The number of unbranched alkanes of at least 4 members (excludes halogenated alkanes) is 1. The lowest BCUT2D eigenvalue weighted by Crippen LogP contribution is -2.13. The quantitative estimate of drug-likeness (QED) is 0.676. The van der Waals surface area contributed by atoms with Gasteiger partial charge >= 0.3 is 0 Å². The zero-order chi connectivity index (χ0) is 14.4. The van der Waals surface area contributed by atoms with Crippen molar-refractivity contribution in [1.29, 1.82) is 0 Å². The molecule has 0 bridgehead atoms. The Labute approximate surface area is 119 Å². The number of Topliss-reactive ketones (excluding diaryl/α,β-unsaturated/α-hetero) is 1. The van der Waals surface area contributed by atoms with Crippen LogP contribution in [0.3, 0.4) is 0 Å². The van der Waals surface area contributed by atoms with E-state index in [9.17, 15) is 9.18 Å². The third kappa shape index (κ3) is 3.53. The van der Waals surface area contributed by atoms with Crippen LogP contribution >= 0.6 is 0 Å². The third-order valence-electron chi connectivity index (χ3n) is 3.49. The van der Waals surface area contributed by atoms with Gasteiger partial charge in [-0.15, -0.1) is 0 Å². The zero-order valence-electron chi connectivity index (χ0n) is 11.7. The number of rotatable bonds is 6. The van der Waals surface area contributed by atoms with Gasteiger partial charge in [-0.2, -0.15) is 0 Å². The molecule has 1 nitrogen and oxygen atoms in total. The van der Waals surface area contributed by atoms with Crippen LogP contribution in [-0.2, 0) is 0 Å². The van der Waals surface area contributed by atoms with Gasteiger partial charge in [-0.1, -0.05) is 50.1 Å². The van der Waals surface area contributed by atoms with Crippen molar-refractivity contribution in [1.82, 2.24) is 0 Å². The van der Waals surface area contributed by atoms with Crippen LogP contribution in [0.1, 0.15) is 48.0 Å². The fourth-order valence-corrected chi connectivity index (χ4v) is 2.36. The summed E-state index contributed by atoms with van der Waals surface area (Å²) in [4.78, 5) is 12.6. The lowest BCUT2D eigenvalue weighted by atomic mass is 9.87. The van der Waals surface area contributed by atoms with Gasteiger partial charge in [-0.3, -0.25) is 4.79 Å². The van der Waals surface area contributed by atoms with Gasteiger partial charge in [0.2, 0.25) is 0 Å². The summed E-state index contributed by atoms with van der Waals surface area (Å²) in [7, 11) is 0. The average Bonchev–Trinajstić information content (AvgIpc) is 2.49. The van der Waals surface area contributed by atoms with Gasteiger partial charge in [-0.05, 0) is 36.2 Å². The lowest BCUT2D eigenvalue weighted by molar-refractivity contribution is 0.0954. The number of benzene rings is 2. The van der Waals surface area contributed by atoms with Crippen molar-refractivity contribution in [2.45, 2.75) is 32.1 Å². The van der Waals surface area contributed by atoms with Crippen LogP contribution in [0.5, 0.6) is 0 Å². The molecule has 0 heterocycles. The van der Waals surface area contributed by atoms with E-state index in [0.717, 1.165) is 24.8 Å². The van der Waals surface area contributed by atoms with Gasteiger partial charge in [0, 0.05) is 11.5 Å². The maximum Gasteiger partial charge on any atom is 0.170 e. The Morgan fingerprint density at radius 1 is 1.05 bits per heavy atom. The number of carbonyl (C=O) groups is 1. The van der Waals surface area contributed by atoms with Crippen LogP contribution in [0, 0.1) is 5.82 Å². The summed E-state index contributed by atoms with van der Waals surface area (Å²) in [6, 6.07) is 15.6. The molecule has 2 rings (SSSR count). The van der Waals surface area contributed by atoms with Crippen LogP contribution in [0.2, 0.25) is 0 Å². The molecule has 2 aromatic carbocycles. The fourth-order valence-electron chi connectivity index (χ4n) is 2.36. The smallest absolute Gasteiger partial charge is 0.170 e. The monoisotopic (exact) mass is 270 g/mol. The Morgan fingerprint density at radius 3 is 2.30 bits per heavy atom. The normalized spacial score (nSPS) is 12.1. The predicted molar refractivity (Wildman–Crippen MR) is 79.4 cm³/mol. The van der Waals surface area contributed by atoms with Crippen molar-refractivity contribution in [3.05, 3.63) is 71.5 Å². The summed E-state index contributed by atoms with van der Waals surface area (Å²) < 4.78 is 13.0. The van der Waals surface area contributed by atoms with Crippen molar-refractivity contribution in [3.63, 3.8) is 0 Å². The molecular weight excluding hydrogens is 251 g/mol. The highest BCUT2D eigenvalue weighted by atomic mass is 19.1. The van der Waals surface area contributed by atoms with Crippen molar-refractivity contribution >= 4 is 5.78 Å². The fraction of sp³-hybridized carbons (Fsp3) is 0.278. The lowest BCUT2D eigenvalue weighted by Gasteiger charge is -2.16. The van der Waals surface area contributed by atoms with E-state index in [-0.39, 0.29) is 17.5 Å². The molecule has 0 aliphatic rings. The molecule has 2 aromatic rings. The van der Waals surface area contributed by atoms with Gasteiger partial charge in [-0.25, -0.2) is 4.39 Å². The van der Waals surface area contributed by atoms with E-state index < -0.39 is 0 Å². The number of carbonyl (C=O) groups excluding carboxylic acids is 1. The van der Waals surface area contributed by atoms with E-state index in [1.807, 2.05) is 30.3 Å². The van der Waals surface area contributed by atoms with Crippen LogP contribution in [0.15, 0.2) is 54.6 Å². The Bertz CT molecular complexity index is 545. The highest BCUT2D eigenvalue weighted by Gasteiger charge is 2.21. The van der Waals surface area contributed by atoms with Crippen LogP contribution in [0.25, 0.3) is 0 Å². The second-order valence-electron chi connectivity index (χ2n) is 4.98. The van der Waals surface area contributed by atoms with E-state index in [4.69, 9.17) is 0 Å². The zero-order valence-corrected chi connectivity index (χ0v) is 11.7. The Balaban J connectivity index is 2.26. The van der Waals surface area contributed by atoms with Gasteiger partial charge in [0.25, 0.3) is 0 Å². The molecule has 20 heavy (non-hydrogen) atoms. The second-order valence-corrected chi connectivity index (χ2v) is 4.98. The van der Waals surface area contributed by atoms with Crippen LogP contribution in [-0.4, -0.2) is 5.78 Å². The summed E-state index contributed by atoms with van der Waals surface area (Å²) in [6.07, 6.45) is 2.89. The molecule has 0 saturated carbocycles. The summed E-state index contributed by atoms with van der Waals surface area (Å²) >= 11 is 0. The number of halogens is 1. The molecule has 0 aliphatic heterocycles. The molecule has 0 saturated heterocycles. The van der Waals surface area contributed by atoms with Crippen molar-refractivity contribution < 1.29 is 9.18 Å². The molecule has 0 spiro atoms. The summed E-state index contributed by atoms with van der Waals surface area (Å²) in [5, 5.41) is 0. The molecule has 104 valence electrons. The highest BCUT2D eigenvalue weighted by molar-refractivity contribution is 6.00. The van der Waals surface area contributed by atoms with Crippen molar-refractivity contribution in [3.8, 4) is 0 Å². The molecular formula is C18H19FO. The first-order chi connectivity index (χ1) is 9.72. The Kier molecular flexibility index (Phi) is 5.05. The maximum atomic E-state index is 13.0. The topological polar surface area (TPSA) is 17.1 Å². The molecule has 1 atom stereocenters. The highest BCUT2D eigenvalue weighted by Crippen LogP contribution is 2.26. The molecule has 2 heteroatoms. The van der Waals surface area contributed by atoms with E-state index in [2.05, 4.69) is 6.92 Å². The first kappa shape index (κ1) is 14.4. The largest absolute Gasteiger partial charge is 0.293 e. The standard InChI is InChI=1S/C18H19FO/c1-2-3-9-17(14-7-5-4-6-8-14)18(20)15-10-12-16(19)13-11-15/h4-8,10-13,17H,2-3,9H2,1H3. The molecule has 0 radical (unpaired) electrons. The molecule has 0 N–H and O–H groups in total. The van der Waals surface area contributed by atoms with Crippen LogP contribution < -0.4 is 0 Å². The van der Waals surface area contributed by atoms with Crippen molar-refractivity contribution in [2.75, 3.05) is 0 Å². The van der Waals surface area contributed by atoms with Crippen molar-refractivity contribution in [2.24, 2.45) is 0 Å².